The van der Waals surface area contributed by atoms with E-state index in [9.17, 15) is 0 Å². The van der Waals surface area contributed by atoms with Gasteiger partial charge in [-0.25, -0.2) is 0 Å². The second kappa shape index (κ2) is 6.47. The zero-order valence-electron chi connectivity index (χ0n) is 8.04. The highest BCUT2D eigenvalue weighted by atomic mass is 14.5. The van der Waals surface area contributed by atoms with Gasteiger partial charge in [0.05, 0.1) is 0 Å². The molecule has 0 atom stereocenters. The van der Waals surface area contributed by atoms with E-state index in [2.05, 4.69) is 19.1 Å². The topological polar surface area (TPSA) is 26.0 Å². The standard InChI is InChI=1S/C9H11N.C2H6/c1-8-2-4-9(5-3-8)6-7-10;1-2/h2-7H,10H2,1H3;1-2H3/b7-6-;. The van der Waals surface area contributed by atoms with Crippen LogP contribution in [0, 0.1) is 6.92 Å². The van der Waals surface area contributed by atoms with Crippen LogP contribution in [-0.4, -0.2) is 0 Å². The fourth-order valence-electron chi connectivity index (χ4n) is 0.789. The molecule has 1 aromatic carbocycles. The molecule has 1 nitrogen and oxygen atoms in total. The predicted molar refractivity (Wildman–Crippen MR) is 55.7 cm³/mol. The van der Waals surface area contributed by atoms with E-state index in [1.807, 2.05) is 32.1 Å². The lowest BCUT2D eigenvalue weighted by Gasteiger charge is -1.92. The molecule has 1 aromatic rings. The second-order valence-electron chi connectivity index (χ2n) is 2.27. The predicted octanol–water partition coefficient (Wildman–Crippen LogP) is 2.95. The smallest absolute Gasteiger partial charge is 0.00564 e. The van der Waals surface area contributed by atoms with Crippen LogP contribution in [0.2, 0.25) is 0 Å². The van der Waals surface area contributed by atoms with E-state index in [1.165, 1.54) is 5.56 Å². The third-order valence-electron chi connectivity index (χ3n) is 1.37. The maximum Gasteiger partial charge on any atom is -0.00564 e. The summed E-state index contributed by atoms with van der Waals surface area (Å²) in [4.78, 5) is 0. The van der Waals surface area contributed by atoms with E-state index in [0.717, 1.165) is 5.56 Å². The Morgan fingerprint density at radius 3 is 2.00 bits per heavy atom. The molecule has 0 saturated carbocycles. The molecule has 0 unspecified atom stereocenters. The van der Waals surface area contributed by atoms with Gasteiger partial charge in [-0.1, -0.05) is 43.7 Å². The number of hydrogen-bond acceptors (Lipinski definition) is 1. The largest absolute Gasteiger partial charge is 0.405 e. The van der Waals surface area contributed by atoms with Crippen molar-refractivity contribution in [3.05, 3.63) is 41.6 Å². The highest BCUT2D eigenvalue weighted by Crippen LogP contribution is 2.03. The normalized spacial score (nSPS) is 9.25. The third kappa shape index (κ3) is 3.81. The number of hydrogen-bond donors (Lipinski definition) is 1. The Kier molecular flexibility index (Phi) is 5.80. The third-order valence-corrected chi connectivity index (χ3v) is 1.37. The second-order valence-corrected chi connectivity index (χ2v) is 2.27. The van der Waals surface area contributed by atoms with Crippen LogP contribution in [0.3, 0.4) is 0 Å². The minimum absolute atomic E-state index is 1.15. The fraction of sp³-hybridized carbons (Fsp3) is 0.273. The number of rotatable bonds is 1. The van der Waals surface area contributed by atoms with E-state index in [-0.39, 0.29) is 0 Å². The molecule has 0 heterocycles. The Morgan fingerprint density at radius 2 is 1.58 bits per heavy atom. The summed E-state index contributed by atoms with van der Waals surface area (Å²) in [7, 11) is 0. The lowest BCUT2D eigenvalue weighted by molar-refractivity contribution is 1.46. The zero-order valence-corrected chi connectivity index (χ0v) is 8.04. The molecule has 0 radical (unpaired) electrons. The van der Waals surface area contributed by atoms with Crippen molar-refractivity contribution in [1.82, 2.24) is 0 Å². The van der Waals surface area contributed by atoms with Gasteiger partial charge in [0, 0.05) is 0 Å². The Labute approximate surface area is 74.9 Å². The summed E-state index contributed by atoms with van der Waals surface area (Å²) in [5.74, 6) is 0. The monoisotopic (exact) mass is 163 g/mol. The summed E-state index contributed by atoms with van der Waals surface area (Å²) in [6.07, 6.45) is 3.42. The van der Waals surface area contributed by atoms with Crippen LogP contribution in [-0.2, 0) is 0 Å². The molecule has 0 aliphatic heterocycles. The van der Waals surface area contributed by atoms with Gasteiger partial charge in [0.2, 0.25) is 0 Å². The van der Waals surface area contributed by atoms with Crippen LogP contribution in [0.25, 0.3) is 6.08 Å². The molecular formula is C11H17N. The van der Waals surface area contributed by atoms with E-state index < -0.39 is 0 Å². The maximum atomic E-state index is 5.22. The molecule has 66 valence electrons. The minimum Gasteiger partial charge on any atom is -0.405 e. The van der Waals surface area contributed by atoms with Crippen molar-refractivity contribution < 1.29 is 0 Å². The van der Waals surface area contributed by atoms with E-state index >= 15 is 0 Å². The highest BCUT2D eigenvalue weighted by molar-refractivity contribution is 5.48. The van der Waals surface area contributed by atoms with Crippen molar-refractivity contribution in [2.45, 2.75) is 20.8 Å². The zero-order chi connectivity index (χ0) is 9.40. The van der Waals surface area contributed by atoms with Gasteiger partial charge in [0.1, 0.15) is 0 Å². The van der Waals surface area contributed by atoms with Crippen LogP contribution in [0.15, 0.2) is 30.5 Å². The minimum atomic E-state index is 1.15. The number of aryl methyl sites for hydroxylation is 1. The molecular weight excluding hydrogens is 146 g/mol. The molecule has 0 amide bonds. The van der Waals surface area contributed by atoms with Crippen LogP contribution in [0.4, 0.5) is 0 Å². The summed E-state index contributed by atoms with van der Waals surface area (Å²) in [5.41, 5.74) is 7.64. The molecule has 0 fully saturated rings. The average molecular weight is 163 g/mol. The van der Waals surface area contributed by atoms with Gasteiger partial charge >= 0.3 is 0 Å². The fourth-order valence-corrected chi connectivity index (χ4v) is 0.789. The van der Waals surface area contributed by atoms with Crippen molar-refractivity contribution in [3.63, 3.8) is 0 Å². The Hall–Kier alpha value is -1.24. The molecule has 1 heteroatoms. The van der Waals surface area contributed by atoms with Crippen molar-refractivity contribution in [3.8, 4) is 0 Å². The molecule has 0 aromatic heterocycles. The van der Waals surface area contributed by atoms with E-state index in [0.29, 0.717) is 0 Å². The first-order valence-corrected chi connectivity index (χ1v) is 4.28. The van der Waals surface area contributed by atoms with E-state index in [4.69, 9.17) is 5.73 Å². The lowest BCUT2D eigenvalue weighted by Crippen LogP contribution is -1.77. The molecule has 2 N–H and O–H groups in total. The van der Waals surface area contributed by atoms with Crippen LogP contribution < -0.4 is 5.73 Å². The summed E-state index contributed by atoms with van der Waals surface area (Å²) >= 11 is 0. The molecule has 0 aliphatic rings. The van der Waals surface area contributed by atoms with Gasteiger partial charge in [-0.3, -0.25) is 0 Å². The highest BCUT2D eigenvalue weighted by Gasteiger charge is 1.83. The summed E-state index contributed by atoms with van der Waals surface area (Å²) in [5, 5.41) is 0. The van der Waals surface area contributed by atoms with Gasteiger partial charge in [-0.2, -0.15) is 0 Å². The average Bonchev–Trinajstić information content (AvgIpc) is 2.13. The molecule has 0 bridgehead atoms. The number of benzene rings is 1. The van der Waals surface area contributed by atoms with Gasteiger partial charge in [0.25, 0.3) is 0 Å². The number of nitrogens with two attached hydrogens (primary N) is 1. The first kappa shape index (κ1) is 10.8. The summed E-state index contributed by atoms with van der Waals surface area (Å²) in [6, 6.07) is 8.21. The van der Waals surface area contributed by atoms with Crippen molar-refractivity contribution in [2.75, 3.05) is 0 Å². The van der Waals surface area contributed by atoms with Crippen molar-refractivity contribution >= 4 is 6.08 Å². The Balaban J connectivity index is 0.000000561. The quantitative estimate of drug-likeness (QED) is 0.676. The lowest BCUT2D eigenvalue weighted by atomic mass is 10.1. The van der Waals surface area contributed by atoms with Gasteiger partial charge < -0.3 is 5.73 Å². The van der Waals surface area contributed by atoms with Crippen molar-refractivity contribution in [2.24, 2.45) is 5.73 Å². The maximum absolute atomic E-state index is 5.22. The van der Waals surface area contributed by atoms with Crippen LogP contribution in [0.1, 0.15) is 25.0 Å². The van der Waals surface area contributed by atoms with E-state index in [1.54, 1.807) is 6.20 Å². The molecule has 0 spiro atoms. The summed E-state index contributed by atoms with van der Waals surface area (Å²) < 4.78 is 0. The van der Waals surface area contributed by atoms with Crippen LogP contribution >= 0.6 is 0 Å². The molecule has 0 saturated heterocycles. The van der Waals surface area contributed by atoms with Gasteiger partial charge in [-0.05, 0) is 24.8 Å². The molecule has 0 aliphatic carbocycles. The van der Waals surface area contributed by atoms with Crippen LogP contribution in [0.5, 0.6) is 0 Å². The Bertz CT molecular complexity index is 221. The molecule has 1 rings (SSSR count). The SMILES string of the molecule is CC.Cc1ccc(/C=C\N)cc1. The first-order chi connectivity index (χ1) is 5.83. The van der Waals surface area contributed by atoms with Crippen molar-refractivity contribution in [1.29, 1.82) is 0 Å². The van der Waals surface area contributed by atoms with Gasteiger partial charge in [0.15, 0.2) is 0 Å². The first-order valence-electron chi connectivity index (χ1n) is 4.28. The molecule has 12 heavy (non-hydrogen) atoms. The van der Waals surface area contributed by atoms with Gasteiger partial charge in [-0.15, -0.1) is 0 Å². The Morgan fingerprint density at radius 1 is 1.08 bits per heavy atom. The summed E-state index contributed by atoms with van der Waals surface area (Å²) in [6.45, 7) is 6.07.